The molecule has 7 nitrogen and oxygen atoms in total. The first kappa shape index (κ1) is 15.5. The van der Waals surface area contributed by atoms with Crippen LogP contribution in [-0.4, -0.2) is 46.5 Å². The first-order chi connectivity index (χ1) is 9.02. The highest BCUT2D eigenvalue weighted by atomic mass is 32.1. The number of esters is 2. The molecule has 0 fully saturated rings. The van der Waals surface area contributed by atoms with Crippen LogP contribution in [0, 0.1) is 0 Å². The first-order valence-corrected chi connectivity index (χ1v) is 6.54. The summed E-state index contributed by atoms with van der Waals surface area (Å²) in [5.41, 5.74) is 1.21. The van der Waals surface area contributed by atoms with E-state index in [1.165, 1.54) is 5.51 Å². The van der Waals surface area contributed by atoms with Crippen molar-refractivity contribution in [2.24, 2.45) is 0 Å². The van der Waals surface area contributed by atoms with Gasteiger partial charge in [0.1, 0.15) is 6.10 Å². The van der Waals surface area contributed by atoms with Gasteiger partial charge in [0, 0.05) is 0 Å². The highest BCUT2D eigenvalue weighted by Gasteiger charge is 2.32. The molecular weight excluding hydrogens is 274 g/mol. The SMILES string of the molecule is CCOC(=O)c1ncsc1C(O)C(O)C(=O)OCC. The standard InChI is InChI=1S/C11H15NO6S/c1-3-17-10(15)6-9(19-5-12-6)7(13)8(14)11(16)18-4-2/h5,7-8,13-14H,3-4H2,1-2H3. The molecule has 2 N–H and O–H groups in total. The molecule has 0 bridgehead atoms. The van der Waals surface area contributed by atoms with E-state index in [-0.39, 0.29) is 23.8 Å². The molecule has 2 unspecified atom stereocenters. The summed E-state index contributed by atoms with van der Waals surface area (Å²) in [6.45, 7) is 3.45. The van der Waals surface area contributed by atoms with Crippen molar-refractivity contribution in [1.29, 1.82) is 0 Å². The smallest absolute Gasteiger partial charge is 0.358 e. The minimum Gasteiger partial charge on any atom is -0.464 e. The molecule has 8 heteroatoms. The van der Waals surface area contributed by atoms with Gasteiger partial charge in [-0.1, -0.05) is 0 Å². The molecule has 0 radical (unpaired) electrons. The lowest BCUT2D eigenvalue weighted by Gasteiger charge is -2.15. The third-order valence-corrected chi connectivity index (χ3v) is 3.06. The predicted octanol–water partition coefficient (Wildman–Crippen LogP) is 0.277. The molecule has 1 aromatic rings. The van der Waals surface area contributed by atoms with Gasteiger partial charge in [-0.3, -0.25) is 0 Å². The molecule has 0 aliphatic rings. The molecule has 19 heavy (non-hydrogen) atoms. The topological polar surface area (TPSA) is 106 Å². The van der Waals surface area contributed by atoms with Gasteiger partial charge in [0.15, 0.2) is 11.8 Å². The molecule has 106 valence electrons. The summed E-state index contributed by atoms with van der Waals surface area (Å²) in [6.07, 6.45) is -3.35. The van der Waals surface area contributed by atoms with Crippen LogP contribution in [0.15, 0.2) is 5.51 Å². The Morgan fingerprint density at radius 2 is 1.95 bits per heavy atom. The van der Waals surface area contributed by atoms with Crippen molar-refractivity contribution in [2.45, 2.75) is 26.1 Å². The minimum atomic E-state index is -1.77. The Kier molecular flexibility index (Phi) is 5.87. The van der Waals surface area contributed by atoms with Gasteiger partial charge in [-0.25, -0.2) is 14.6 Å². The third kappa shape index (κ3) is 3.72. The summed E-state index contributed by atoms with van der Waals surface area (Å²) in [4.78, 5) is 26.7. The van der Waals surface area contributed by atoms with Gasteiger partial charge in [-0.15, -0.1) is 11.3 Å². The molecule has 0 saturated heterocycles. The highest BCUT2D eigenvalue weighted by molar-refractivity contribution is 7.10. The largest absolute Gasteiger partial charge is 0.464 e. The van der Waals surface area contributed by atoms with E-state index in [0.29, 0.717) is 0 Å². The summed E-state index contributed by atoms with van der Waals surface area (Å²) in [6, 6.07) is 0. The third-order valence-electron chi connectivity index (χ3n) is 2.16. The Bertz CT molecular complexity index is 446. The van der Waals surface area contributed by atoms with Crippen LogP contribution in [0.2, 0.25) is 0 Å². The number of carbonyl (C=O) groups excluding carboxylic acids is 2. The average molecular weight is 289 g/mol. The van der Waals surface area contributed by atoms with E-state index in [1.54, 1.807) is 13.8 Å². The monoisotopic (exact) mass is 289 g/mol. The Labute approximate surface area is 113 Å². The molecule has 0 saturated carbocycles. The first-order valence-electron chi connectivity index (χ1n) is 5.66. The molecule has 1 heterocycles. The minimum absolute atomic E-state index is 0.0685. The summed E-state index contributed by atoms with van der Waals surface area (Å²) in [7, 11) is 0. The number of aromatic nitrogens is 1. The van der Waals surface area contributed by atoms with Gasteiger partial charge >= 0.3 is 11.9 Å². The lowest BCUT2D eigenvalue weighted by molar-refractivity contribution is -0.159. The molecule has 0 aliphatic carbocycles. The quantitative estimate of drug-likeness (QED) is 0.724. The van der Waals surface area contributed by atoms with Crippen LogP contribution < -0.4 is 0 Å². The Balaban J connectivity index is 2.88. The Hall–Kier alpha value is -1.51. The van der Waals surface area contributed by atoms with E-state index >= 15 is 0 Å². The summed E-state index contributed by atoms with van der Waals surface area (Å²) in [5.74, 6) is -1.67. The fourth-order valence-electron chi connectivity index (χ4n) is 1.32. The highest BCUT2D eigenvalue weighted by Crippen LogP contribution is 2.26. The second-order valence-corrected chi connectivity index (χ2v) is 4.31. The number of aliphatic hydroxyl groups is 2. The fraction of sp³-hybridized carbons (Fsp3) is 0.545. The van der Waals surface area contributed by atoms with Gasteiger partial charge in [-0.05, 0) is 13.8 Å². The molecule has 1 aromatic heterocycles. The van der Waals surface area contributed by atoms with Crippen molar-refractivity contribution in [3.05, 3.63) is 16.1 Å². The number of ether oxygens (including phenoxy) is 2. The summed E-state index contributed by atoms with van der Waals surface area (Å²) < 4.78 is 9.35. The number of nitrogens with zero attached hydrogens (tertiary/aromatic N) is 1. The summed E-state index contributed by atoms with van der Waals surface area (Å²) in [5, 5.41) is 19.5. The van der Waals surface area contributed by atoms with E-state index in [0.717, 1.165) is 11.3 Å². The number of aliphatic hydroxyl groups excluding tert-OH is 2. The predicted molar refractivity (Wildman–Crippen MR) is 65.7 cm³/mol. The van der Waals surface area contributed by atoms with Crippen LogP contribution in [-0.2, 0) is 14.3 Å². The maximum atomic E-state index is 11.6. The maximum absolute atomic E-state index is 11.6. The second-order valence-electron chi connectivity index (χ2n) is 3.43. The van der Waals surface area contributed by atoms with Crippen molar-refractivity contribution >= 4 is 23.3 Å². The molecule has 0 aromatic carbocycles. The molecule has 0 aliphatic heterocycles. The zero-order valence-corrected chi connectivity index (χ0v) is 11.3. The number of hydrogen-bond acceptors (Lipinski definition) is 8. The van der Waals surface area contributed by atoms with Crippen LogP contribution >= 0.6 is 11.3 Å². The van der Waals surface area contributed by atoms with Gasteiger partial charge < -0.3 is 19.7 Å². The molecule has 1 rings (SSSR count). The lowest BCUT2D eigenvalue weighted by atomic mass is 10.1. The summed E-state index contributed by atoms with van der Waals surface area (Å²) >= 11 is 0.946. The lowest BCUT2D eigenvalue weighted by Crippen LogP contribution is -2.30. The van der Waals surface area contributed by atoms with E-state index in [1.807, 2.05) is 0 Å². The number of rotatable bonds is 6. The van der Waals surface area contributed by atoms with E-state index in [4.69, 9.17) is 4.74 Å². The van der Waals surface area contributed by atoms with Gasteiger partial charge in [0.05, 0.1) is 23.6 Å². The molecule has 0 amide bonds. The molecule has 0 spiro atoms. The zero-order chi connectivity index (χ0) is 14.4. The van der Waals surface area contributed by atoms with Gasteiger partial charge in [0.2, 0.25) is 0 Å². The van der Waals surface area contributed by atoms with Crippen molar-refractivity contribution in [3.8, 4) is 0 Å². The van der Waals surface area contributed by atoms with Crippen LogP contribution in [0.1, 0.15) is 35.3 Å². The van der Waals surface area contributed by atoms with Crippen LogP contribution in [0.5, 0.6) is 0 Å². The van der Waals surface area contributed by atoms with E-state index in [2.05, 4.69) is 9.72 Å². The zero-order valence-electron chi connectivity index (χ0n) is 10.5. The van der Waals surface area contributed by atoms with Crippen molar-refractivity contribution in [3.63, 3.8) is 0 Å². The van der Waals surface area contributed by atoms with Crippen LogP contribution in [0.4, 0.5) is 0 Å². The van der Waals surface area contributed by atoms with Gasteiger partial charge in [-0.2, -0.15) is 0 Å². The average Bonchev–Trinajstić information content (AvgIpc) is 2.86. The fourth-order valence-corrected chi connectivity index (χ4v) is 2.11. The number of thiazole rings is 1. The second kappa shape index (κ2) is 7.17. The normalized spacial score (nSPS) is 13.7. The van der Waals surface area contributed by atoms with E-state index in [9.17, 15) is 19.8 Å². The van der Waals surface area contributed by atoms with Crippen LogP contribution in [0.25, 0.3) is 0 Å². The van der Waals surface area contributed by atoms with E-state index < -0.39 is 24.1 Å². The number of carbonyl (C=O) groups is 2. The Morgan fingerprint density at radius 3 is 2.53 bits per heavy atom. The van der Waals surface area contributed by atoms with Crippen LogP contribution in [0.3, 0.4) is 0 Å². The van der Waals surface area contributed by atoms with Crippen molar-refractivity contribution in [2.75, 3.05) is 13.2 Å². The van der Waals surface area contributed by atoms with Crippen molar-refractivity contribution < 1.29 is 29.3 Å². The maximum Gasteiger partial charge on any atom is 0.358 e. The molecular formula is C11H15NO6S. The number of hydrogen-bond donors (Lipinski definition) is 2. The Morgan fingerprint density at radius 1 is 1.32 bits per heavy atom. The molecule has 2 atom stereocenters. The van der Waals surface area contributed by atoms with Gasteiger partial charge in [0.25, 0.3) is 0 Å². The van der Waals surface area contributed by atoms with Crippen molar-refractivity contribution in [1.82, 2.24) is 4.98 Å².